The molecule has 0 aromatic rings. The predicted molar refractivity (Wildman–Crippen MR) is 147 cm³/mol. The van der Waals surface area contributed by atoms with Crippen LogP contribution in [0.1, 0.15) is 40.5 Å². The number of hydrogen-bond donors (Lipinski definition) is 12. The monoisotopic (exact) mass is 635 g/mol. The van der Waals surface area contributed by atoms with Crippen molar-refractivity contribution in [3.8, 4) is 0 Å². The summed E-state index contributed by atoms with van der Waals surface area (Å²) in [5.41, 5.74) is 5.39. The number of carbonyl (C=O) groups is 8. The van der Waals surface area contributed by atoms with Gasteiger partial charge in [0.2, 0.25) is 35.4 Å². The summed E-state index contributed by atoms with van der Waals surface area (Å²) >= 11 is 0. The van der Waals surface area contributed by atoms with Gasteiger partial charge in [0.15, 0.2) is 6.04 Å². The number of aliphatic hydroxyl groups is 3. The second kappa shape index (κ2) is 19.0. The van der Waals surface area contributed by atoms with Gasteiger partial charge in [0.05, 0.1) is 19.3 Å². The molecule has 0 aliphatic rings. The first-order chi connectivity index (χ1) is 20.4. The quantitative estimate of drug-likeness (QED) is 0.0628. The second-order valence-corrected chi connectivity index (χ2v) is 9.78. The molecular formula is C24H41N7O13. The van der Waals surface area contributed by atoms with Crippen molar-refractivity contribution in [1.29, 1.82) is 0 Å². The highest BCUT2D eigenvalue weighted by molar-refractivity contribution is 5.96. The normalized spacial score (nSPS) is 16.3. The molecule has 250 valence electrons. The van der Waals surface area contributed by atoms with Gasteiger partial charge in [-0.25, -0.2) is 4.79 Å². The zero-order valence-corrected chi connectivity index (χ0v) is 24.5. The molecule has 20 heteroatoms. The van der Waals surface area contributed by atoms with Crippen molar-refractivity contribution in [2.75, 3.05) is 13.2 Å². The van der Waals surface area contributed by atoms with Crippen LogP contribution in [0.2, 0.25) is 0 Å². The fourth-order valence-electron chi connectivity index (χ4n) is 3.22. The van der Waals surface area contributed by atoms with Crippen LogP contribution in [-0.2, 0) is 38.4 Å². The van der Waals surface area contributed by atoms with E-state index in [4.69, 9.17) is 21.1 Å². The lowest BCUT2D eigenvalue weighted by Crippen LogP contribution is -2.59. The third-order valence-corrected chi connectivity index (χ3v) is 5.93. The van der Waals surface area contributed by atoms with Crippen molar-refractivity contribution in [3.05, 3.63) is 0 Å². The Morgan fingerprint density at radius 1 is 0.591 bits per heavy atom. The van der Waals surface area contributed by atoms with Gasteiger partial charge in [0, 0.05) is 6.42 Å². The van der Waals surface area contributed by atoms with Crippen LogP contribution < -0.4 is 37.6 Å². The van der Waals surface area contributed by atoms with E-state index in [-0.39, 0.29) is 6.42 Å². The van der Waals surface area contributed by atoms with Crippen LogP contribution in [0.15, 0.2) is 0 Å². The summed E-state index contributed by atoms with van der Waals surface area (Å²) in [7, 11) is 0. The predicted octanol–water partition coefficient (Wildman–Crippen LogP) is -6.40. The number of nitrogens with two attached hydrogens (primary N) is 1. The van der Waals surface area contributed by atoms with E-state index in [0.29, 0.717) is 0 Å². The number of carboxylic acids is 2. The zero-order chi connectivity index (χ0) is 34.3. The SMILES string of the molecule is C[C@H](NC(=O)[C@H](C)NC(=O)[C@H](CCC(=O)O)NC(=O)[C@@H](N)CO)C(=O)N[C@@H](C)C(=O)N[C@@H](CO)C(=O)N[C@H](C(=O)O)[C@@H](C)O. The lowest BCUT2D eigenvalue weighted by molar-refractivity contribution is -0.145. The highest BCUT2D eigenvalue weighted by Crippen LogP contribution is 2.01. The maximum atomic E-state index is 12.6. The Kier molecular flexibility index (Phi) is 17.1. The molecule has 0 fully saturated rings. The fourth-order valence-corrected chi connectivity index (χ4v) is 3.22. The maximum absolute atomic E-state index is 12.6. The van der Waals surface area contributed by atoms with Crippen molar-refractivity contribution in [2.24, 2.45) is 5.73 Å². The molecule has 0 aromatic carbocycles. The van der Waals surface area contributed by atoms with Crippen LogP contribution in [0.25, 0.3) is 0 Å². The molecule has 13 N–H and O–H groups in total. The molecule has 0 saturated carbocycles. The summed E-state index contributed by atoms with van der Waals surface area (Å²) < 4.78 is 0. The Morgan fingerprint density at radius 2 is 1.00 bits per heavy atom. The van der Waals surface area contributed by atoms with Crippen molar-refractivity contribution in [1.82, 2.24) is 31.9 Å². The standard InChI is InChI=1S/C24H41N7O13/c1-9(18(37)27-11(3)20(39)30-15(8-33)23(42)31-17(12(4)34)24(43)44)26-19(38)10(2)28-22(41)14(5-6-16(35)36)29-21(40)13(25)7-32/h9-15,17,32-34H,5-8,25H2,1-4H3,(H,26,38)(H,27,37)(H,28,41)(H,29,40)(H,30,39)(H,31,42)(H,35,36)(H,43,44)/t9-,10-,11-,12+,13-,14-,15-,17-/m0/s1. The topological polar surface area (TPSA) is 336 Å². The largest absolute Gasteiger partial charge is 0.481 e. The Balaban J connectivity index is 5.14. The van der Waals surface area contributed by atoms with E-state index in [2.05, 4.69) is 26.6 Å². The molecule has 0 aromatic heterocycles. The summed E-state index contributed by atoms with van der Waals surface area (Å²) in [5, 5.41) is 59.0. The molecule has 20 nitrogen and oxygen atoms in total. The smallest absolute Gasteiger partial charge is 0.328 e. The van der Waals surface area contributed by atoms with Gasteiger partial charge in [-0.1, -0.05) is 0 Å². The van der Waals surface area contributed by atoms with Crippen molar-refractivity contribution >= 4 is 47.4 Å². The van der Waals surface area contributed by atoms with E-state index in [1.165, 1.54) is 20.8 Å². The van der Waals surface area contributed by atoms with Gasteiger partial charge in [0.1, 0.15) is 36.3 Å². The highest BCUT2D eigenvalue weighted by Gasteiger charge is 2.31. The summed E-state index contributed by atoms with van der Waals surface area (Å²) in [6.07, 6.45) is -2.38. The molecular weight excluding hydrogens is 594 g/mol. The number of carboxylic acid groups (broad SMARTS) is 2. The molecule has 0 aliphatic carbocycles. The molecule has 6 amide bonds. The molecule has 0 saturated heterocycles. The van der Waals surface area contributed by atoms with Crippen molar-refractivity contribution < 1.29 is 63.9 Å². The fraction of sp³-hybridized carbons (Fsp3) is 0.667. The van der Waals surface area contributed by atoms with E-state index in [1.807, 2.05) is 5.32 Å². The third kappa shape index (κ3) is 13.7. The van der Waals surface area contributed by atoms with E-state index in [1.54, 1.807) is 0 Å². The van der Waals surface area contributed by atoms with Crippen molar-refractivity contribution in [3.63, 3.8) is 0 Å². The first-order valence-corrected chi connectivity index (χ1v) is 13.3. The molecule has 0 rings (SSSR count). The lowest BCUT2D eigenvalue weighted by atomic mass is 10.1. The summed E-state index contributed by atoms with van der Waals surface area (Å²) in [6, 6.07) is -10.1. The van der Waals surface area contributed by atoms with Gasteiger partial charge in [0.25, 0.3) is 0 Å². The minimum absolute atomic E-state index is 0.363. The summed E-state index contributed by atoms with van der Waals surface area (Å²) in [5.74, 6) is -8.55. The van der Waals surface area contributed by atoms with Crippen LogP contribution in [0, 0.1) is 0 Å². The van der Waals surface area contributed by atoms with Crippen LogP contribution in [0.4, 0.5) is 0 Å². The molecule has 0 unspecified atom stereocenters. The number of carbonyl (C=O) groups excluding carboxylic acids is 6. The van der Waals surface area contributed by atoms with Crippen molar-refractivity contribution in [2.45, 2.75) is 88.9 Å². The number of rotatable bonds is 19. The Hall–Kier alpha value is -4.40. The first kappa shape index (κ1) is 39.6. The number of amides is 6. The van der Waals surface area contributed by atoms with Gasteiger partial charge < -0.3 is 63.2 Å². The van der Waals surface area contributed by atoms with Gasteiger partial charge in [-0.2, -0.15) is 0 Å². The van der Waals surface area contributed by atoms with Gasteiger partial charge >= 0.3 is 11.9 Å². The molecule has 0 spiro atoms. The van der Waals surface area contributed by atoms with Gasteiger partial charge in [-0.05, 0) is 34.1 Å². The average molecular weight is 636 g/mol. The first-order valence-electron chi connectivity index (χ1n) is 13.3. The lowest BCUT2D eigenvalue weighted by Gasteiger charge is -2.24. The summed E-state index contributed by atoms with van der Waals surface area (Å²) in [6.45, 7) is 3.09. The Morgan fingerprint density at radius 3 is 1.39 bits per heavy atom. The van der Waals surface area contributed by atoms with E-state index >= 15 is 0 Å². The second-order valence-electron chi connectivity index (χ2n) is 9.78. The van der Waals surface area contributed by atoms with Gasteiger partial charge in [-0.3, -0.25) is 33.6 Å². The molecule has 44 heavy (non-hydrogen) atoms. The molecule has 0 radical (unpaired) electrons. The summed E-state index contributed by atoms with van der Waals surface area (Å²) in [4.78, 5) is 96.5. The van der Waals surface area contributed by atoms with Crippen LogP contribution >= 0.6 is 0 Å². The zero-order valence-electron chi connectivity index (χ0n) is 24.5. The van der Waals surface area contributed by atoms with Crippen LogP contribution in [0.3, 0.4) is 0 Å². The molecule has 0 bridgehead atoms. The average Bonchev–Trinajstić information content (AvgIpc) is 2.94. The van der Waals surface area contributed by atoms with Crippen LogP contribution in [-0.4, -0.2) is 135 Å². The molecule has 0 aliphatic heterocycles. The number of aliphatic hydroxyl groups excluding tert-OH is 3. The number of hydrogen-bond acceptors (Lipinski definition) is 12. The van der Waals surface area contributed by atoms with Gasteiger partial charge in [-0.15, -0.1) is 0 Å². The van der Waals surface area contributed by atoms with E-state index in [9.17, 15) is 48.6 Å². The van der Waals surface area contributed by atoms with Crippen LogP contribution in [0.5, 0.6) is 0 Å². The Bertz CT molecular complexity index is 1070. The molecule has 8 atom stereocenters. The highest BCUT2D eigenvalue weighted by atomic mass is 16.4. The Labute approximate surface area is 251 Å². The van der Waals surface area contributed by atoms with E-state index in [0.717, 1.165) is 6.92 Å². The number of nitrogens with one attached hydrogen (secondary N) is 6. The minimum Gasteiger partial charge on any atom is -0.481 e. The minimum atomic E-state index is -1.72. The van der Waals surface area contributed by atoms with E-state index < -0.39 is 115 Å². The number of aliphatic carboxylic acids is 2. The maximum Gasteiger partial charge on any atom is 0.328 e. The molecule has 0 heterocycles. The third-order valence-electron chi connectivity index (χ3n) is 5.93.